The Morgan fingerprint density at radius 1 is 1.25 bits per heavy atom. The first-order valence-electron chi connectivity index (χ1n) is 10.4. The van der Waals surface area contributed by atoms with Gasteiger partial charge in [0.15, 0.2) is 0 Å². The molecule has 4 rings (SSSR count). The van der Waals surface area contributed by atoms with Gasteiger partial charge in [-0.15, -0.1) is 0 Å². The van der Waals surface area contributed by atoms with E-state index < -0.39 is 29.5 Å². The van der Waals surface area contributed by atoms with E-state index in [9.17, 15) is 22.8 Å². The molecular weight excluding hydrogens is 443 g/mol. The SMILES string of the molecule is CN1CCCC1CCN1C(=O)C(c2ccccc2Cl)c2c1cc(C(N)=O)cc2C(F)(F)F. The number of rotatable bonds is 5. The summed E-state index contributed by atoms with van der Waals surface area (Å²) in [5.41, 5.74) is 4.20. The number of nitrogens with two attached hydrogens (primary N) is 1. The molecule has 0 aliphatic carbocycles. The molecule has 9 heteroatoms. The summed E-state index contributed by atoms with van der Waals surface area (Å²) in [5, 5.41) is 0.210. The first-order valence-corrected chi connectivity index (χ1v) is 10.8. The molecule has 0 bridgehead atoms. The van der Waals surface area contributed by atoms with Gasteiger partial charge in [-0.3, -0.25) is 9.59 Å². The third kappa shape index (κ3) is 3.97. The maximum absolute atomic E-state index is 14.1. The van der Waals surface area contributed by atoms with Crippen LogP contribution >= 0.6 is 11.6 Å². The molecule has 2 N–H and O–H groups in total. The smallest absolute Gasteiger partial charge is 0.366 e. The van der Waals surface area contributed by atoms with Crippen molar-refractivity contribution in [3.63, 3.8) is 0 Å². The van der Waals surface area contributed by atoms with E-state index in [1.54, 1.807) is 24.3 Å². The van der Waals surface area contributed by atoms with E-state index in [1.807, 2.05) is 7.05 Å². The molecule has 2 atom stereocenters. The molecule has 2 heterocycles. The maximum Gasteiger partial charge on any atom is 0.416 e. The van der Waals surface area contributed by atoms with Crippen molar-refractivity contribution in [3.05, 3.63) is 63.7 Å². The third-order valence-electron chi connectivity index (χ3n) is 6.41. The van der Waals surface area contributed by atoms with Crippen LogP contribution in [0.1, 0.15) is 52.2 Å². The van der Waals surface area contributed by atoms with Crippen LogP contribution in [-0.2, 0) is 11.0 Å². The summed E-state index contributed by atoms with van der Waals surface area (Å²) in [5.74, 6) is -2.68. The zero-order chi connectivity index (χ0) is 23.2. The zero-order valence-corrected chi connectivity index (χ0v) is 18.2. The summed E-state index contributed by atoms with van der Waals surface area (Å²) >= 11 is 6.30. The van der Waals surface area contributed by atoms with Crippen LogP contribution < -0.4 is 10.6 Å². The Hall–Kier alpha value is -2.58. The molecule has 2 aliphatic rings. The number of carbonyl (C=O) groups is 2. The number of nitrogens with zero attached hydrogens (tertiary/aromatic N) is 2. The molecule has 0 spiro atoms. The molecule has 2 aromatic rings. The van der Waals surface area contributed by atoms with Crippen LogP contribution in [0.3, 0.4) is 0 Å². The Labute approximate surface area is 188 Å². The molecule has 1 fully saturated rings. The highest BCUT2D eigenvalue weighted by Crippen LogP contribution is 2.49. The molecule has 5 nitrogen and oxygen atoms in total. The zero-order valence-electron chi connectivity index (χ0n) is 17.5. The molecule has 170 valence electrons. The number of likely N-dealkylation sites (tertiary alicyclic amines) is 1. The number of hydrogen-bond acceptors (Lipinski definition) is 3. The molecule has 1 saturated heterocycles. The molecule has 0 saturated carbocycles. The van der Waals surface area contributed by atoms with Gasteiger partial charge in [0.2, 0.25) is 11.8 Å². The van der Waals surface area contributed by atoms with Gasteiger partial charge < -0.3 is 15.5 Å². The summed E-state index contributed by atoms with van der Waals surface area (Å²) in [4.78, 5) is 28.9. The molecule has 32 heavy (non-hydrogen) atoms. The van der Waals surface area contributed by atoms with E-state index in [0.717, 1.165) is 25.5 Å². The summed E-state index contributed by atoms with van der Waals surface area (Å²) in [7, 11) is 2.00. The predicted octanol–water partition coefficient (Wildman–Crippen LogP) is 4.42. The number of benzene rings is 2. The van der Waals surface area contributed by atoms with Gasteiger partial charge in [-0.25, -0.2) is 0 Å². The summed E-state index contributed by atoms with van der Waals surface area (Å²) in [6, 6.07) is 8.66. The van der Waals surface area contributed by atoms with Gasteiger partial charge in [-0.05, 0) is 56.6 Å². The average Bonchev–Trinajstić information content (AvgIpc) is 3.25. The average molecular weight is 466 g/mol. The summed E-state index contributed by atoms with van der Waals surface area (Å²) < 4.78 is 42.3. The molecule has 0 radical (unpaired) electrons. The fraction of sp³-hybridized carbons (Fsp3) is 0.391. The van der Waals surface area contributed by atoms with Gasteiger partial charge in [-0.2, -0.15) is 13.2 Å². The topological polar surface area (TPSA) is 66.6 Å². The number of amides is 2. The van der Waals surface area contributed by atoms with E-state index >= 15 is 0 Å². The van der Waals surface area contributed by atoms with Crippen LogP contribution in [0.25, 0.3) is 0 Å². The highest BCUT2D eigenvalue weighted by molar-refractivity contribution is 6.32. The third-order valence-corrected chi connectivity index (χ3v) is 6.76. The molecule has 2 amide bonds. The second kappa shape index (κ2) is 8.41. The fourth-order valence-electron chi connectivity index (χ4n) is 4.79. The number of halogens is 4. The van der Waals surface area contributed by atoms with Gasteiger partial charge in [0.05, 0.1) is 11.5 Å². The number of primary amides is 1. The minimum atomic E-state index is -4.78. The Morgan fingerprint density at radius 2 is 1.97 bits per heavy atom. The standard InChI is InChI=1S/C23H23ClF3N3O2/c1-29-9-4-5-14(29)8-10-30-18-12-13(21(28)31)11-16(23(25,26)27)20(18)19(22(30)32)15-6-2-3-7-17(15)24/h2-3,6-7,11-12,14,19H,4-5,8-10H2,1H3,(H2,28,31). The molecule has 0 aromatic heterocycles. The van der Waals surface area contributed by atoms with Crippen molar-refractivity contribution in [2.24, 2.45) is 5.73 Å². The van der Waals surface area contributed by atoms with Crippen molar-refractivity contribution in [1.82, 2.24) is 4.90 Å². The van der Waals surface area contributed by atoms with Crippen molar-refractivity contribution >= 4 is 29.1 Å². The van der Waals surface area contributed by atoms with Crippen LogP contribution in [0.5, 0.6) is 0 Å². The van der Waals surface area contributed by atoms with Crippen molar-refractivity contribution in [3.8, 4) is 0 Å². The fourth-order valence-corrected chi connectivity index (χ4v) is 5.03. The summed E-state index contributed by atoms with van der Waals surface area (Å²) in [6.07, 6.45) is -2.16. The molecular formula is C23H23ClF3N3O2. The van der Waals surface area contributed by atoms with Crippen molar-refractivity contribution in [1.29, 1.82) is 0 Å². The minimum absolute atomic E-state index is 0.0733. The van der Waals surface area contributed by atoms with Crippen molar-refractivity contribution in [2.45, 2.75) is 37.4 Å². The van der Waals surface area contributed by atoms with E-state index in [0.29, 0.717) is 12.0 Å². The number of alkyl halides is 3. The predicted molar refractivity (Wildman–Crippen MR) is 116 cm³/mol. The van der Waals surface area contributed by atoms with E-state index in [1.165, 1.54) is 11.0 Å². The van der Waals surface area contributed by atoms with Gasteiger partial charge in [0.25, 0.3) is 0 Å². The Morgan fingerprint density at radius 3 is 2.56 bits per heavy atom. The van der Waals surface area contributed by atoms with Crippen LogP contribution in [0, 0.1) is 0 Å². The van der Waals surface area contributed by atoms with E-state index in [4.69, 9.17) is 17.3 Å². The van der Waals surface area contributed by atoms with Crippen LogP contribution in [0.4, 0.5) is 18.9 Å². The first-order chi connectivity index (χ1) is 15.1. The lowest BCUT2D eigenvalue weighted by Gasteiger charge is -2.24. The number of anilines is 1. The van der Waals surface area contributed by atoms with Gasteiger partial charge >= 0.3 is 6.18 Å². The monoisotopic (exact) mass is 465 g/mol. The Balaban J connectivity index is 1.86. The largest absolute Gasteiger partial charge is 0.416 e. The second-order valence-corrected chi connectivity index (χ2v) is 8.74. The van der Waals surface area contributed by atoms with Crippen LogP contribution in [-0.4, -0.2) is 42.9 Å². The Bertz CT molecular complexity index is 1070. The molecule has 2 aliphatic heterocycles. The minimum Gasteiger partial charge on any atom is -0.366 e. The summed E-state index contributed by atoms with van der Waals surface area (Å²) in [6.45, 7) is 1.18. The highest BCUT2D eigenvalue weighted by Gasteiger charge is 2.47. The number of carbonyl (C=O) groups excluding carboxylic acids is 2. The highest BCUT2D eigenvalue weighted by atomic mass is 35.5. The van der Waals surface area contributed by atoms with Gasteiger partial charge in [0, 0.05) is 34.4 Å². The van der Waals surface area contributed by atoms with Crippen LogP contribution in [0.15, 0.2) is 36.4 Å². The van der Waals surface area contributed by atoms with E-state index in [-0.39, 0.29) is 34.4 Å². The number of fused-ring (bicyclic) bond motifs is 1. The van der Waals surface area contributed by atoms with Crippen molar-refractivity contribution < 1.29 is 22.8 Å². The lowest BCUT2D eigenvalue weighted by Crippen LogP contribution is -2.35. The van der Waals surface area contributed by atoms with Crippen LogP contribution in [0.2, 0.25) is 5.02 Å². The maximum atomic E-state index is 14.1. The van der Waals surface area contributed by atoms with Crippen molar-refractivity contribution in [2.75, 3.05) is 25.0 Å². The number of hydrogen-bond donors (Lipinski definition) is 1. The molecule has 2 unspecified atom stereocenters. The van der Waals surface area contributed by atoms with E-state index in [2.05, 4.69) is 4.90 Å². The first kappa shape index (κ1) is 22.6. The lowest BCUT2D eigenvalue weighted by atomic mass is 9.88. The lowest BCUT2D eigenvalue weighted by molar-refractivity contribution is -0.138. The normalized spacial score (nSPS) is 21.3. The van der Waals surface area contributed by atoms with Gasteiger partial charge in [0.1, 0.15) is 0 Å². The molecule has 2 aromatic carbocycles. The Kier molecular flexibility index (Phi) is 5.94. The van der Waals surface area contributed by atoms with Gasteiger partial charge in [-0.1, -0.05) is 29.8 Å². The second-order valence-electron chi connectivity index (χ2n) is 8.33. The quantitative estimate of drug-likeness (QED) is 0.710.